The van der Waals surface area contributed by atoms with E-state index in [2.05, 4.69) is 30.0 Å². The van der Waals surface area contributed by atoms with Gasteiger partial charge in [-0.25, -0.2) is 4.98 Å². The molecule has 1 aliphatic heterocycles. The van der Waals surface area contributed by atoms with Crippen molar-refractivity contribution in [1.82, 2.24) is 4.98 Å². The molecular formula is C16H21N3O. The molecule has 1 aromatic carbocycles. The number of ether oxygens (including phenoxy) is 1. The number of pyridine rings is 1. The minimum atomic E-state index is 0.233. The fourth-order valence-electron chi connectivity index (χ4n) is 2.76. The molecule has 4 heteroatoms. The minimum Gasteiger partial charge on any atom is -0.377 e. The maximum absolute atomic E-state index is 5.92. The van der Waals surface area contributed by atoms with Crippen LogP contribution in [-0.2, 0) is 11.3 Å². The van der Waals surface area contributed by atoms with E-state index in [-0.39, 0.29) is 6.10 Å². The topological polar surface area (TPSA) is 51.4 Å². The zero-order valence-corrected chi connectivity index (χ0v) is 11.9. The summed E-state index contributed by atoms with van der Waals surface area (Å²) < 4.78 is 5.71. The fourth-order valence-corrected chi connectivity index (χ4v) is 2.76. The second kappa shape index (κ2) is 5.77. The molecule has 106 valence electrons. The molecule has 1 saturated heterocycles. The van der Waals surface area contributed by atoms with E-state index in [4.69, 9.17) is 15.5 Å². The van der Waals surface area contributed by atoms with E-state index in [9.17, 15) is 0 Å². The highest BCUT2D eigenvalue weighted by Gasteiger charge is 2.19. The smallest absolute Gasteiger partial charge is 0.133 e. The number of nitrogens with zero attached hydrogens (tertiary/aromatic N) is 2. The molecule has 1 unspecified atom stereocenters. The van der Waals surface area contributed by atoms with Crippen molar-refractivity contribution < 1.29 is 4.74 Å². The zero-order chi connectivity index (χ0) is 13.9. The molecule has 1 atom stereocenters. The monoisotopic (exact) mass is 271 g/mol. The Hall–Kier alpha value is -1.65. The molecule has 20 heavy (non-hydrogen) atoms. The maximum Gasteiger partial charge on any atom is 0.133 e. The van der Waals surface area contributed by atoms with Crippen LogP contribution in [0.15, 0.2) is 30.3 Å². The molecule has 0 radical (unpaired) electrons. The molecule has 2 N–H and O–H groups in total. The Morgan fingerprint density at radius 3 is 3.10 bits per heavy atom. The number of nitrogens with two attached hydrogens (primary N) is 1. The van der Waals surface area contributed by atoms with E-state index in [0.717, 1.165) is 48.4 Å². The van der Waals surface area contributed by atoms with Crippen LogP contribution in [0.5, 0.6) is 0 Å². The summed E-state index contributed by atoms with van der Waals surface area (Å²) in [5, 5.41) is 1.15. The van der Waals surface area contributed by atoms with Gasteiger partial charge in [0.05, 0.1) is 11.6 Å². The first-order valence-corrected chi connectivity index (χ1v) is 7.23. The van der Waals surface area contributed by atoms with Crippen molar-refractivity contribution in [2.45, 2.75) is 26.0 Å². The molecule has 1 aliphatic rings. The number of benzene rings is 1. The van der Waals surface area contributed by atoms with Crippen LogP contribution in [0.25, 0.3) is 10.9 Å². The van der Waals surface area contributed by atoms with Gasteiger partial charge in [-0.1, -0.05) is 18.2 Å². The molecule has 0 spiro atoms. The van der Waals surface area contributed by atoms with Gasteiger partial charge in [0.2, 0.25) is 0 Å². The number of anilines is 1. The Morgan fingerprint density at radius 2 is 2.25 bits per heavy atom. The van der Waals surface area contributed by atoms with Crippen LogP contribution in [-0.4, -0.2) is 30.8 Å². The van der Waals surface area contributed by atoms with E-state index < -0.39 is 0 Å². The number of fused-ring (bicyclic) bond motifs is 1. The van der Waals surface area contributed by atoms with Gasteiger partial charge in [-0.15, -0.1) is 0 Å². The van der Waals surface area contributed by atoms with Crippen molar-refractivity contribution in [1.29, 1.82) is 0 Å². The van der Waals surface area contributed by atoms with Crippen molar-refractivity contribution >= 4 is 16.7 Å². The molecule has 3 rings (SSSR count). The summed E-state index contributed by atoms with van der Waals surface area (Å²) in [4.78, 5) is 7.15. The average Bonchev–Trinajstić information content (AvgIpc) is 2.70. The number of para-hydroxylation sites is 1. The Kier molecular flexibility index (Phi) is 3.85. The molecule has 0 amide bonds. The largest absolute Gasteiger partial charge is 0.377 e. The molecule has 1 aromatic heterocycles. The van der Waals surface area contributed by atoms with E-state index in [1.807, 2.05) is 12.1 Å². The van der Waals surface area contributed by atoms with Crippen LogP contribution < -0.4 is 10.6 Å². The lowest BCUT2D eigenvalue weighted by atomic mass is 10.1. The lowest BCUT2D eigenvalue weighted by Crippen LogP contribution is -2.32. The quantitative estimate of drug-likeness (QED) is 0.910. The molecule has 1 fully saturated rings. The summed E-state index contributed by atoms with van der Waals surface area (Å²) in [5.74, 6) is 1.02. The SMILES string of the molecule is CC1CN(c2nc3ccccc3cc2CN)CCCO1. The van der Waals surface area contributed by atoms with Gasteiger partial charge >= 0.3 is 0 Å². The molecule has 0 aliphatic carbocycles. The summed E-state index contributed by atoms with van der Waals surface area (Å²) in [6, 6.07) is 10.4. The van der Waals surface area contributed by atoms with Crippen LogP contribution in [0.1, 0.15) is 18.9 Å². The molecule has 4 nitrogen and oxygen atoms in total. The number of hydrogen-bond donors (Lipinski definition) is 1. The Morgan fingerprint density at radius 1 is 1.40 bits per heavy atom. The van der Waals surface area contributed by atoms with Crippen molar-refractivity contribution in [3.63, 3.8) is 0 Å². The van der Waals surface area contributed by atoms with Crippen LogP contribution >= 0.6 is 0 Å². The summed E-state index contributed by atoms with van der Waals surface area (Å²) in [6.45, 7) is 5.30. The first-order valence-electron chi connectivity index (χ1n) is 7.23. The van der Waals surface area contributed by atoms with Gasteiger partial charge in [0.15, 0.2) is 0 Å². The second-order valence-electron chi connectivity index (χ2n) is 5.35. The van der Waals surface area contributed by atoms with Crippen molar-refractivity contribution in [2.75, 3.05) is 24.6 Å². The number of hydrogen-bond acceptors (Lipinski definition) is 4. The highest BCUT2D eigenvalue weighted by Crippen LogP contribution is 2.25. The first kappa shape index (κ1) is 13.3. The van der Waals surface area contributed by atoms with Gasteiger partial charge in [0, 0.05) is 37.2 Å². The van der Waals surface area contributed by atoms with Crippen LogP contribution in [0.2, 0.25) is 0 Å². The van der Waals surface area contributed by atoms with E-state index in [0.29, 0.717) is 6.54 Å². The molecule has 0 bridgehead atoms. The van der Waals surface area contributed by atoms with Crippen molar-refractivity contribution in [2.24, 2.45) is 5.73 Å². The van der Waals surface area contributed by atoms with Gasteiger partial charge in [-0.3, -0.25) is 0 Å². The average molecular weight is 271 g/mol. The molecular weight excluding hydrogens is 250 g/mol. The fraction of sp³-hybridized carbons (Fsp3) is 0.438. The summed E-state index contributed by atoms with van der Waals surface area (Å²) in [7, 11) is 0. The predicted molar refractivity (Wildman–Crippen MR) is 81.9 cm³/mol. The highest BCUT2D eigenvalue weighted by atomic mass is 16.5. The minimum absolute atomic E-state index is 0.233. The lowest BCUT2D eigenvalue weighted by molar-refractivity contribution is 0.0820. The third-order valence-electron chi connectivity index (χ3n) is 3.75. The predicted octanol–water partition coefficient (Wildman–Crippen LogP) is 2.31. The summed E-state index contributed by atoms with van der Waals surface area (Å²) in [6.07, 6.45) is 1.26. The summed E-state index contributed by atoms with van der Waals surface area (Å²) >= 11 is 0. The normalized spacial score (nSPS) is 20.1. The molecule has 2 heterocycles. The maximum atomic E-state index is 5.92. The standard InChI is InChI=1S/C16H21N3O/c1-12-11-19(7-4-8-20-12)16-14(10-17)9-13-5-2-3-6-15(13)18-16/h2-3,5-6,9,12H,4,7-8,10-11,17H2,1H3. The molecule has 2 aromatic rings. The first-order chi connectivity index (χ1) is 9.78. The molecule has 0 saturated carbocycles. The van der Waals surface area contributed by atoms with Crippen LogP contribution in [0.4, 0.5) is 5.82 Å². The van der Waals surface area contributed by atoms with Gasteiger partial charge in [-0.05, 0) is 25.5 Å². The van der Waals surface area contributed by atoms with E-state index >= 15 is 0 Å². The van der Waals surface area contributed by atoms with Crippen LogP contribution in [0, 0.1) is 0 Å². The number of aromatic nitrogens is 1. The van der Waals surface area contributed by atoms with Gasteiger partial charge in [-0.2, -0.15) is 0 Å². The van der Waals surface area contributed by atoms with Crippen molar-refractivity contribution in [3.05, 3.63) is 35.9 Å². The number of rotatable bonds is 2. The zero-order valence-electron chi connectivity index (χ0n) is 11.9. The van der Waals surface area contributed by atoms with E-state index in [1.54, 1.807) is 0 Å². The van der Waals surface area contributed by atoms with Crippen molar-refractivity contribution in [3.8, 4) is 0 Å². The van der Waals surface area contributed by atoms with E-state index in [1.165, 1.54) is 0 Å². The lowest BCUT2D eigenvalue weighted by Gasteiger charge is -2.25. The highest BCUT2D eigenvalue weighted by molar-refractivity contribution is 5.81. The van der Waals surface area contributed by atoms with Gasteiger partial charge in [0.25, 0.3) is 0 Å². The van der Waals surface area contributed by atoms with Crippen LogP contribution in [0.3, 0.4) is 0 Å². The third kappa shape index (κ3) is 2.62. The Balaban J connectivity index is 2.04. The summed E-state index contributed by atoms with van der Waals surface area (Å²) in [5.41, 5.74) is 8.06. The third-order valence-corrected chi connectivity index (χ3v) is 3.75. The second-order valence-corrected chi connectivity index (χ2v) is 5.35. The van der Waals surface area contributed by atoms with Gasteiger partial charge < -0.3 is 15.4 Å². The Bertz CT molecular complexity index is 599. The Labute approximate surface area is 119 Å². The van der Waals surface area contributed by atoms with Gasteiger partial charge in [0.1, 0.15) is 5.82 Å².